The van der Waals surface area contributed by atoms with Crippen molar-refractivity contribution in [1.82, 2.24) is 10.2 Å². The second-order valence-electron chi connectivity index (χ2n) is 8.79. The third-order valence-corrected chi connectivity index (χ3v) is 7.22. The van der Waals surface area contributed by atoms with Gasteiger partial charge in [-0.05, 0) is 36.8 Å². The molecule has 0 saturated carbocycles. The molecule has 2 amide bonds. The molecule has 2 aromatic carbocycles. The van der Waals surface area contributed by atoms with Crippen molar-refractivity contribution < 1.29 is 33.7 Å². The number of nitrogens with zero attached hydrogens (tertiary/aromatic N) is 1. The predicted octanol–water partition coefficient (Wildman–Crippen LogP) is 2.84. The summed E-state index contributed by atoms with van der Waals surface area (Å²) < 4.78 is 16.3. The summed E-state index contributed by atoms with van der Waals surface area (Å²) in [7, 11) is 1.45. The average molecular weight is 527 g/mol. The number of thioether (sulfide) groups is 1. The third kappa shape index (κ3) is 6.33. The van der Waals surface area contributed by atoms with Crippen molar-refractivity contribution in [2.45, 2.75) is 32.1 Å². The highest BCUT2D eigenvalue weighted by Gasteiger charge is 2.57. The number of nitrogens with one attached hydrogen (secondary N) is 1. The van der Waals surface area contributed by atoms with Crippen molar-refractivity contribution in [2.75, 3.05) is 26.0 Å². The summed E-state index contributed by atoms with van der Waals surface area (Å²) in [5, 5.41) is 12.8. The van der Waals surface area contributed by atoms with Gasteiger partial charge in [0.25, 0.3) is 0 Å². The van der Waals surface area contributed by atoms with Gasteiger partial charge >= 0.3 is 5.97 Å². The van der Waals surface area contributed by atoms with Gasteiger partial charge in [0.2, 0.25) is 11.8 Å². The molecular weight excluding hydrogens is 496 g/mol. The molecule has 1 fully saturated rings. The van der Waals surface area contributed by atoms with Crippen LogP contribution >= 0.6 is 11.8 Å². The van der Waals surface area contributed by atoms with Crippen LogP contribution in [0.1, 0.15) is 18.9 Å². The Bertz CT molecular complexity index is 1170. The summed E-state index contributed by atoms with van der Waals surface area (Å²) in [5.41, 5.74) is 0.959. The number of benzene rings is 2. The highest BCUT2D eigenvalue weighted by atomic mass is 32.2. The molecule has 196 valence electrons. The second kappa shape index (κ2) is 12.3. The summed E-state index contributed by atoms with van der Waals surface area (Å²) in [6.45, 7) is 1.94. The van der Waals surface area contributed by atoms with Gasteiger partial charge in [-0.3, -0.25) is 9.59 Å². The predicted molar refractivity (Wildman–Crippen MR) is 138 cm³/mol. The molecule has 37 heavy (non-hydrogen) atoms. The number of amides is 2. The first-order chi connectivity index (χ1) is 17.9. The number of esters is 1. The molecule has 2 N–H and O–H groups in total. The van der Waals surface area contributed by atoms with Crippen LogP contribution in [-0.4, -0.2) is 66.0 Å². The summed E-state index contributed by atoms with van der Waals surface area (Å²) in [4.78, 5) is 39.7. The fraction of sp³-hybridized carbons (Fsp3) is 0.370. The molecule has 0 spiro atoms. The van der Waals surface area contributed by atoms with Crippen LogP contribution in [0.3, 0.4) is 0 Å². The first-order valence-corrected chi connectivity index (χ1v) is 13.0. The van der Waals surface area contributed by atoms with Gasteiger partial charge in [-0.15, -0.1) is 11.8 Å². The lowest BCUT2D eigenvalue weighted by molar-refractivity contribution is -0.162. The molecule has 3 atom stereocenters. The summed E-state index contributed by atoms with van der Waals surface area (Å²) in [5.74, 6) is 0.166. The number of para-hydroxylation sites is 1. The highest BCUT2D eigenvalue weighted by molar-refractivity contribution is 8.03. The van der Waals surface area contributed by atoms with Gasteiger partial charge in [0.15, 0.2) is 0 Å². The fourth-order valence-corrected chi connectivity index (χ4v) is 5.49. The van der Waals surface area contributed by atoms with Crippen molar-refractivity contribution >= 4 is 29.5 Å². The maximum absolute atomic E-state index is 13.2. The number of aliphatic hydroxyl groups is 1. The van der Waals surface area contributed by atoms with Gasteiger partial charge in [-0.1, -0.05) is 30.3 Å². The van der Waals surface area contributed by atoms with E-state index in [1.54, 1.807) is 13.0 Å². The summed E-state index contributed by atoms with van der Waals surface area (Å²) in [6.07, 6.45) is -0.348. The summed E-state index contributed by atoms with van der Waals surface area (Å²) >= 11 is 1.40. The van der Waals surface area contributed by atoms with E-state index in [1.165, 1.54) is 23.8 Å². The molecule has 2 aliphatic rings. The molecule has 0 bridgehead atoms. The minimum Gasteiger partial charge on any atom is -0.457 e. The van der Waals surface area contributed by atoms with Crippen LogP contribution in [0.4, 0.5) is 0 Å². The minimum absolute atomic E-state index is 0.00583. The largest absolute Gasteiger partial charge is 0.457 e. The molecule has 0 unspecified atom stereocenters. The van der Waals surface area contributed by atoms with Crippen molar-refractivity contribution in [3.05, 3.63) is 70.8 Å². The van der Waals surface area contributed by atoms with E-state index >= 15 is 0 Å². The lowest BCUT2D eigenvalue weighted by Gasteiger charge is -2.44. The smallest absolute Gasteiger partial charge is 0.356 e. The van der Waals surface area contributed by atoms with Gasteiger partial charge in [0, 0.05) is 30.7 Å². The maximum atomic E-state index is 13.2. The Labute approximate surface area is 219 Å². The number of fused-ring (bicyclic) bond motifs is 1. The van der Waals surface area contributed by atoms with Crippen molar-refractivity contribution in [2.24, 2.45) is 5.92 Å². The molecule has 1 saturated heterocycles. The minimum atomic E-state index is -0.809. The molecule has 2 aliphatic heterocycles. The van der Waals surface area contributed by atoms with Crippen LogP contribution in [0.5, 0.6) is 11.5 Å². The van der Waals surface area contributed by atoms with E-state index in [9.17, 15) is 19.5 Å². The van der Waals surface area contributed by atoms with Crippen LogP contribution in [0.2, 0.25) is 0 Å². The Hall–Kier alpha value is -3.34. The fourth-order valence-electron chi connectivity index (χ4n) is 4.44. The molecular formula is C27H30N2O7S. The standard InChI is InChI=1S/C27H30N2O7S/c1-17(30)24-21-14-22(37-12-11-28-23(31)16-34-2)25(29(21)26(24)32)27(33)35-15-18-7-6-10-20(13-18)36-19-8-4-3-5-9-19/h3-10,13,17,21,24,30H,11-12,14-16H2,1-2H3,(H,28,31)/t17-,21-,24-/m1/s1. The zero-order valence-corrected chi connectivity index (χ0v) is 21.5. The molecule has 0 radical (unpaired) electrons. The molecule has 2 aromatic rings. The normalized spacial score (nSPS) is 19.2. The average Bonchev–Trinajstić information content (AvgIpc) is 3.20. The van der Waals surface area contributed by atoms with Gasteiger partial charge in [0.05, 0.1) is 18.1 Å². The zero-order chi connectivity index (χ0) is 26.4. The van der Waals surface area contributed by atoms with E-state index in [0.717, 1.165) is 5.56 Å². The van der Waals surface area contributed by atoms with Gasteiger partial charge in [-0.2, -0.15) is 0 Å². The molecule has 9 nitrogen and oxygen atoms in total. The van der Waals surface area contributed by atoms with E-state index in [0.29, 0.717) is 35.1 Å². The number of hydrogen-bond donors (Lipinski definition) is 2. The Morgan fingerprint density at radius 2 is 1.92 bits per heavy atom. The van der Waals surface area contributed by atoms with Crippen LogP contribution in [0.15, 0.2) is 65.2 Å². The molecule has 0 aromatic heterocycles. The van der Waals surface area contributed by atoms with E-state index in [4.69, 9.17) is 14.2 Å². The van der Waals surface area contributed by atoms with Crippen LogP contribution in [0.25, 0.3) is 0 Å². The number of carbonyl (C=O) groups is 3. The second-order valence-corrected chi connectivity index (χ2v) is 9.98. The zero-order valence-electron chi connectivity index (χ0n) is 20.7. The van der Waals surface area contributed by atoms with E-state index in [1.807, 2.05) is 48.5 Å². The first kappa shape index (κ1) is 26.7. The van der Waals surface area contributed by atoms with Crippen LogP contribution < -0.4 is 10.1 Å². The summed E-state index contributed by atoms with van der Waals surface area (Å²) in [6, 6.07) is 16.3. The lowest BCUT2D eigenvalue weighted by atomic mass is 9.83. The Kier molecular flexibility index (Phi) is 8.86. The number of rotatable bonds is 12. The molecule has 0 aliphatic carbocycles. The monoisotopic (exact) mass is 526 g/mol. The number of aliphatic hydroxyl groups excluding tert-OH is 1. The topological polar surface area (TPSA) is 114 Å². The van der Waals surface area contributed by atoms with E-state index < -0.39 is 18.0 Å². The van der Waals surface area contributed by atoms with Crippen molar-refractivity contribution in [1.29, 1.82) is 0 Å². The number of β-lactam (4-membered cyclic amide) rings is 1. The molecule has 2 heterocycles. The highest BCUT2D eigenvalue weighted by Crippen LogP contribution is 2.47. The Morgan fingerprint density at radius 3 is 2.65 bits per heavy atom. The van der Waals surface area contributed by atoms with Crippen LogP contribution in [-0.2, 0) is 30.5 Å². The SMILES string of the molecule is COCC(=O)NCCSC1=C(C(=O)OCc2cccc(Oc3ccccc3)c2)N2C(=O)[C@H]([C@@H](C)O)[C@H]2C1. The lowest BCUT2D eigenvalue weighted by Crippen LogP contribution is -2.61. The van der Waals surface area contributed by atoms with Gasteiger partial charge in [-0.25, -0.2) is 4.79 Å². The van der Waals surface area contributed by atoms with E-state index in [2.05, 4.69) is 5.32 Å². The van der Waals surface area contributed by atoms with Gasteiger partial charge < -0.3 is 29.5 Å². The third-order valence-electron chi connectivity index (χ3n) is 6.10. The first-order valence-electron chi connectivity index (χ1n) is 12.0. The number of ether oxygens (including phenoxy) is 3. The van der Waals surface area contributed by atoms with Crippen molar-refractivity contribution in [3.63, 3.8) is 0 Å². The van der Waals surface area contributed by atoms with E-state index in [-0.39, 0.29) is 36.8 Å². The molecule has 10 heteroatoms. The van der Waals surface area contributed by atoms with Crippen molar-refractivity contribution in [3.8, 4) is 11.5 Å². The number of carbonyl (C=O) groups excluding carboxylic acids is 3. The maximum Gasteiger partial charge on any atom is 0.356 e. The molecule has 4 rings (SSSR count). The number of methoxy groups -OCH3 is 1. The quantitative estimate of drug-likeness (QED) is 0.247. The Morgan fingerprint density at radius 1 is 1.16 bits per heavy atom. The number of hydrogen-bond acceptors (Lipinski definition) is 8. The van der Waals surface area contributed by atoms with Crippen LogP contribution in [0, 0.1) is 5.92 Å². The van der Waals surface area contributed by atoms with Gasteiger partial charge in [0.1, 0.15) is 30.4 Å². The Balaban J connectivity index is 1.41.